The Balaban J connectivity index is 1.88. The molecule has 1 fully saturated rings. The lowest BCUT2D eigenvalue weighted by Crippen LogP contribution is -2.28. The van der Waals surface area contributed by atoms with Gasteiger partial charge < -0.3 is 10.1 Å². The topological polar surface area (TPSA) is 24.5 Å². The largest absolute Gasteiger partial charge is 0.380 e. The third-order valence-corrected chi connectivity index (χ3v) is 3.87. The van der Waals surface area contributed by atoms with E-state index < -0.39 is 0 Å². The van der Waals surface area contributed by atoms with E-state index in [9.17, 15) is 0 Å². The van der Waals surface area contributed by atoms with Crippen LogP contribution in [0.2, 0.25) is 0 Å². The van der Waals surface area contributed by atoms with E-state index in [-0.39, 0.29) is 0 Å². The number of likely N-dealkylation sites (N-methyl/N-ethyl adjacent to an activating group) is 1. The fourth-order valence-corrected chi connectivity index (χ4v) is 2.35. The van der Waals surface area contributed by atoms with E-state index in [4.69, 9.17) is 4.74 Å². The molecule has 0 spiro atoms. The SMILES string of the molecule is CCOCCN(CC)Cc1ccccc1CNC1CC1. The summed E-state index contributed by atoms with van der Waals surface area (Å²) in [5.74, 6) is 0. The molecule has 0 radical (unpaired) electrons. The molecule has 1 aromatic rings. The average molecular weight is 276 g/mol. The first-order valence-electron chi connectivity index (χ1n) is 7.93. The van der Waals surface area contributed by atoms with Crippen LogP contribution in [-0.2, 0) is 17.8 Å². The number of benzene rings is 1. The van der Waals surface area contributed by atoms with Crippen molar-refractivity contribution in [1.29, 1.82) is 0 Å². The van der Waals surface area contributed by atoms with Crippen molar-refractivity contribution < 1.29 is 4.74 Å². The Morgan fingerprint density at radius 3 is 2.60 bits per heavy atom. The van der Waals surface area contributed by atoms with Gasteiger partial charge in [-0.1, -0.05) is 31.2 Å². The maximum absolute atomic E-state index is 5.47. The summed E-state index contributed by atoms with van der Waals surface area (Å²) in [4.78, 5) is 2.45. The van der Waals surface area contributed by atoms with Crippen LogP contribution in [-0.4, -0.2) is 37.2 Å². The Bertz CT molecular complexity index is 390. The lowest BCUT2D eigenvalue weighted by molar-refractivity contribution is 0.113. The van der Waals surface area contributed by atoms with Crippen LogP contribution >= 0.6 is 0 Å². The van der Waals surface area contributed by atoms with Gasteiger partial charge in [-0.15, -0.1) is 0 Å². The molecule has 2 rings (SSSR count). The zero-order valence-corrected chi connectivity index (χ0v) is 12.9. The van der Waals surface area contributed by atoms with Crippen molar-refractivity contribution >= 4 is 0 Å². The normalized spacial score (nSPS) is 14.9. The van der Waals surface area contributed by atoms with Gasteiger partial charge >= 0.3 is 0 Å². The molecule has 1 N–H and O–H groups in total. The molecule has 20 heavy (non-hydrogen) atoms. The molecule has 0 aliphatic heterocycles. The van der Waals surface area contributed by atoms with Crippen LogP contribution in [0.5, 0.6) is 0 Å². The van der Waals surface area contributed by atoms with E-state index in [2.05, 4.69) is 48.3 Å². The van der Waals surface area contributed by atoms with Crippen LogP contribution in [0.1, 0.15) is 37.8 Å². The summed E-state index contributed by atoms with van der Waals surface area (Å²) < 4.78 is 5.47. The van der Waals surface area contributed by atoms with Crippen LogP contribution in [0, 0.1) is 0 Å². The van der Waals surface area contributed by atoms with Gasteiger partial charge in [0.15, 0.2) is 0 Å². The van der Waals surface area contributed by atoms with Crippen molar-refractivity contribution in [2.45, 2.75) is 45.8 Å². The van der Waals surface area contributed by atoms with Gasteiger partial charge in [-0.2, -0.15) is 0 Å². The second-order valence-corrected chi connectivity index (χ2v) is 5.49. The van der Waals surface area contributed by atoms with Gasteiger partial charge in [0.1, 0.15) is 0 Å². The summed E-state index contributed by atoms with van der Waals surface area (Å²) in [6.45, 7) is 10.0. The summed E-state index contributed by atoms with van der Waals surface area (Å²) in [7, 11) is 0. The van der Waals surface area contributed by atoms with Crippen molar-refractivity contribution in [2.24, 2.45) is 0 Å². The van der Waals surface area contributed by atoms with Gasteiger partial charge in [-0.05, 0) is 37.4 Å². The molecule has 0 unspecified atom stereocenters. The van der Waals surface area contributed by atoms with E-state index in [1.165, 1.54) is 24.0 Å². The first-order chi connectivity index (χ1) is 9.83. The lowest BCUT2D eigenvalue weighted by atomic mass is 10.1. The van der Waals surface area contributed by atoms with E-state index in [1.54, 1.807) is 0 Å². The highest BCUT2D eigenvalue weighted by Crippen LogP contribution is 2.20. The predicted octanol–water partition coefficient (Wildman–Crippen LogP) is 2.80. The Hall–Kier alpha value is -0.900. The quantitative estimate of drug-likeness (QED) is 0.665. The lowest BCUT2D eigenvalue weighted by Gasteiger charge is -2.22. The molecular weight excluding hydrogens is 248 g/mol. The molecule has 1 saturated carbocycles. The first kappa shape index (κ1) is 15.5. The molecular formula is C17H28N2O. The van der Waals surface area contributed by atoms with Gasteiger partial charge in [0.2, 0.25) is 0 Å². The molecule has 0 aromatic heterocycles. The number of rotatable bonds is 10. The van der Waals surface area contributed by atoms with Crippen molar-refractivity contribution in [3.05, 3.63) is 35.4 Å². The van der Waals surface area contributed by atoms with Crippen LogP contribution in [0.25, 0.3) is 0 Å². The monoisotopic (exact) mass is 276 g/mol. The van der Waals surface area contributed by atoms with Crippen molar-refractivity contribution in [3.63, 3.8) is 0 Å². The molecule has 0 atom stereocenters. The van der Waals surface area contributed by atoms with E-state index in [1.807, 2.05) is 0 Å². The smallest absolute Gasteiger partial charge is 0.0593 e. The predicted molar refractivity (Wildman–Crippen MR) is 83.7 cm³/mol. The van der Waals surface area contributed by atoms with E-state index >= 15 is 0 Å². The third kappa shape index (κ3) is 5.23. The number of ether oxygens (including phenoxy) is 1. The first-order valence-corrected chi connectivity index (χ1v) is 7.93. The maximum atomic E-state index is 5.47. The Morgan fingerprint density at radius 1 is 1.20 bits per heavy atom. The molecule has 1 aliphatic rings. The summed E-state index contributed by atoms with van der Waals surface area (Å²) in [5.41, 5.74) is 2.88. The van der Waals surface area contributed by atoms with Crippen molar-refractivity contribution in [2.75, 3.05) is 26.3 Å². The number of nitrogens with zero attached hydrogens (tertiary/aromatic N) is 1. The average Bonchev–Trinajstić information content (AvgIpc) is 3.29. The number of nitrogens with one attached hydrogen (secondary N) is 1. The molecule has 0 bridgehead atoms. The van der Waals surface area contributed by atoms with Crippen LogP contribution in [0.15, 0.2) is 24.3 Å². The van der Waals surface area contributed by atoms with E-state index in [0.29, 0.717) is 0 Å². The van der Waals surface area contributed by atoms with Crippen LogP contribution in [0.3, 0.4) is 0 Å². The van der Waals surface area contributed by atoms with Gasteiger partial charge in [0.05, 0.1) is 6.61 Å². The summed E-state index contributed by atoms with van der Waals surface area (Å²) in [6, 6.07) is 9.56. The molecule has 1 aromatic carbocycles. The van der Waals surface area contributed by atoms with Crippen molar-refractivity contribution in [3.8, 4) is 0 Å². The Kier molecular flexibility index (Phi) is 6.51. The highest BCUT2D eigenvalue weighted by Gasteiger charge is 2.20. The van der Waals surface area contributed by atoms with Gasteiger partial charge in [-0.3, -0.25) is 4.90 Å². The number of hydrogen-bond donors (Lipinski definition) is 1. The van der Waals surface area contributed by atoms with Crippen molar-refractivity contribution in [1.82, 2.24) is 10.2 Å². The van der Waals surface area contributed by atoms with Gasteiger partial charge in [-0.25, -0.2) is 0 Å². The fourth-order valence-electron chi connectivity index (χ4n) is 2.35. The Morgan fingerprint density at radius 2 is 1.95 bits per heavy atom. The second-order valence-electron chi connectivity index (χ2n) is 5.49. The maximum Gasteiger partial charge on any atom is 0.0593 e. The summed E-state index contributed by atoms with van der Waals surface area (Å²) >= 11 is 0. The highest BCUT2D eigenvalue weighted by molar-refractivity contribution is 5.27. The van der Waals surface area contributed by atoms with Crippen LogP contribution in [0.4, 0.5) is 0 Å². The molecule has 3 heteroatoms. The van der Waals surface area contributed by atoms with Gasteiger partial charge in [0, 0.05) is 32.3 Å². The minimum atomic E-state index is 0.767. The molecule has 1 aliphatic carbocycles. The molecule has 112 valence electrons. The minimum absolute atomic E-state index is 0.767. The zero-order valence-electron chi connectivity index (χ0n) is 12.9. The van der Waals surface area contributed by atoms with Gasteiger partial charge in [0.25, 0.3) is 0 Å². The highest BCUT2D eigenvalue weighted by atomic mass is 16.5. The summed E-state index contributed by atoms with van der Waals surface area (Å²) in [6.07, 6.45) is 2.69. The molecule has 0 amide bonds. The zero-order chi connectivity index (χ0) is 14.2. The number of hydrogen-bond acceptors (Lipinski definition) is 3. The third-order valence-electron chi connectivity index (χ3n) is 3.87. The molecule has 0 heterocycles. The standard InChI is InChI=1S/C17H28N2O/c1-3-19(11-12-20-4-2)14-16-8-6-5-7-15(16)13-18-17-9-10-17/h5-8,17-18H,3-4,9-14H2,1-2H3. The second kappa shape index (κ2) is 8.40. The molecule has 0 saturated heterocycles. The van der Waals surface area contributed by atoms with Crippen LogP contribution < -0.4 is 5.32 Å². The summed E-state index contributed by atoms with van der Waals surface area (Å²) in [5, 5.41) is 3.61. The minimum Gasteiger partial charge on any atom is -0.380 e. The Labute approximate surface area is 123 Å². The van der Waals surface area contributed by atoms with E-state index in [0.717, 1.165) is 45.4 Å². The fraction of sp³-hybridized carbons (Fsp3) is 0.647. The molecule has 3 nitrogen and oxygen atoms in total.